The Hall–Kier alpha value is -1.38. The second-order valence-corrected chi connectivity index (χ2v) is 3.14. The van der Waals surface area contributed by atoms with Gasteiger partial charge in [0.15, 0.2) is 38.6 Å². The van der Waals surface area contributed by atoms with E-state index in [2.05, 4.69) is 0 Å². The Morgan fingerprint density at radius 1 is 1.29 bits per heavy atom. The van der Waals surface area contributed by atoms with Crippen LogP contribution in [-0.2, 0) is 0 Å². The quantitative estimate of drug-likeness (QED) is 0.473. The molecule has 0 spiro atoms. The minimum Gasteiger partial charge on any atom is -0.468 e. The molecule has 1 aliphatic rings. The summed E-state index contributed by atoms with van der Waals surface area (Å²) in [4.78, 5) is 11.0. The lowest BCUT2D eigenvalue weighted by atomic mass is 9.76. The fourth-order valence-corrected chi connectivity index (χ4v) is 1.26. The molecule has 0 saturated heterocycles. The number of ketones is 1. The molecule has 0 atom stereocenters. The summed E-state index contributed by atoms with van der Waals surface area (Å²) < 4.78 is 10.1. The standard InChI is InChI=1S/C9H6B2O3/c1-5(12)6-2-3-7-8(4-6)14-9(10,11)13-7/h2-4H,1H3. The van der Waals surface area contributed by atoms with Gasteiger partial charge < -0.3 is 9.47 Å². The highest BCUT2D eigenvalue weighted by atomic mass is 16.7. The van der Waals surface area contributed by atoms with Gasteiger partial charge in [-0.1, -0.05) is 0 Å². The Labute approximate surface area is 84.2 Å². The van der Waals surface area contributed by atoms with E-state index in [0.29, 0.717) is 17.1 Å². The lowest BCUT2D eigenvalue weighted by Crippen LogP contribution is -2.39. The number of rotatable bonds is 1. The van der Waals surface area contributed by atoms with Crippen molar-refractivity contribution in [1.29, 1.82) is 0 Å². The number of ether oxygens (including phenoxy) is 2. The third-order valence-corrected chi connectivity index (χ3v) is 1.89. The highest BCUT2D eigenvalue weighted by Crippen LogP contribution is 2.37. The number of hydrogen-bond donors (Lipinski definition) is 0. The maximum atomic E-state index is 11.0. The second kappa shape index (κ2) is 2.80. The van der Waals surface area contributed by atoms with Crippen LogP contribution in [0.15, 0.2) is 18.2 Å². The molecule has 3 nitrogen and oxygen atoms in total. The van der Waals surface area contributed by atoms with Crippen LogP contribution in [0.25, 0.3) is 0 Å². The first-order valence-corrected chi connectivity index (χ1v) is 4.09. The molecule has 1 aliphatic heterocycles. The van der Waals surface area contributed by atoms with E-state index in [1.165, 1.54) is 6.92 Å². The molecule has 66 valence electrons. The van der Waals surface area contributed by atoms with E-state index < -0.39 is 5.59 Å². The van der Waals surface area contributed by atoms with E-state index in [4.69, 9.17) is 25.2 Å². The van der Waals surface area contributed by atoms with Gasteiger partial charge in [-0.25, -0.2) is 0 Å². The molecule has 0 N–H and O–H groups in total. The minimum atomic E-state index is -1.63. The first-order valence-electron chi connectivity index (χ1n) is 4.09. The molecule has 1 aromatic rings. The smallest absolute Gasteiger partial charge is 0.175 e. The van der Waals surface area contributed by atoms with Crippen molar-refractivity contribution < 1.29 is 14.3 Å². The molecule has 0 fully saturated rings. The van der Waals surface area contributed by atoms with Gasteiger partial charge in [0, 0.05) is 5.56 Å². The molecule has 1 aromatic carbocycles. The number of carbonyl (C=O) groups is 1. The van der Waals surface area contributed by atoms with Crippen LogP contribution in [-0.4, -0.2) is 27.1 Å². The molecule has 0 unspecified atom stereocenters. The summed E-state index contributed by atoms with van der Waals surface area (Å²) in [7, 11) is 10.8. The predicted molar refractivity (Wildman–Crippen MR) is 51.9 cm³/mol. The Balaban J connectivity index is 2.40. The zero-order valence-corrected chi connectivity index (χ0v) is 7.61. The average molecular weight is 184 g/mol. The van der Waals surface area contributed by atoms with Crippen molar-refractivity contribution in [3.05, 3.63) is 23.8 Å². The molecule has 2 rings (SSSR count). The first-order chi connectivity index (χ1) is 6.48. The molecular weight excluding hydrogens is 178 g/mol. The van der Waals surface area contributed by atoms with Crippen molar-refractivity contribution in [3.8, 4) is 11.5 Å². The fourth-order valence-electron chi connectivity index (χ4n) is 1.26. The van der Waals surface area contributed by atoms with Crippen LogP contribution < -0.4 is 9.47 Å². The van der Waals surface area contributed by atoms with Crippen LogP contribution in [0.5, 0.6) is 11.5 Å². The maximum Gasteiger partial charge on any atom is 0.175 e. The topological polar surface area (TPSA) is 35.5 Å². The molecule has 0 aromatic heterocycles. The zero-order chi connectivity index (χ0) is 10.3. The van der Waals surface area contributed by atoms with Gasteiger partial charge in [0.1, 0.15) is 0 Å². The lowest BCUT2D eigenvalue weighted by molar-refractivity contribution is 0.0832. The van der Waals surface area contributed by atoms with Gasteiger partial charge in [0.05, 0.1) is 0 Å². The molecule has 0 amide bonds. The van der Waals surface area contributed by atoms with Gasteiger partial charge in [-0.05, 0) is 25.1 Å². The third kappa shape index (κ3) is 1.50. The Morgan fingerprint density at radius 3 is 2.57 bits per heavy atom. The Kier molecular flexibility index (Phi) is 1.84. The van der Waals surface area contributed by atoms with Gasteiger partial charge in [0.25, 0.3) is 0 Å². The highest BCUT2D eigenvalue weighted by Gasteiger charge is 2.30. The van der Waals surface area contributed by atoms with Crippen molar-refractivity contribution >= 4 is 21.5 Å². The molecule has 1 heterocycles. The molecular formula is C9H6B2O3. The summed E-state index contributed by atoms with van der Waals surface area (Å²) >= 11 is 0. The van der Waals surface area contributed by atoms with Crippen LogP contribution >= 0.6 is 0 Å². The summed E-state index contributed by atoms with van der Waals surface area (Å²) in [5.41, 5.74) is -1.09. The Bertz CT molecular complexity index is 401. The first kappa shape index (κ1) is 9.19. The largest absolute Gasteiger partial charge is 0.468 e. The van der Waals surface area contributed by atoms with Gasteiger partial charge >= 0.3 is 0 Å². The monoisotopic (exact) mass is 184 g/mol. The molecule has 0 aliphatic carbocycles. The maximum absolute atomic E-state index is 11.0. The van der Waals surface area contributed by atoms with Crippen molar-refractivity contribution in [2.75, 3.05) is 0 Å². The van der Waals surface area contributed by atoms with Crippen molar-refractivity contribution in [3.63, 3.8) is 0 Å². The van der Waals surface area contributed by atoms with E-state index in [9.17, 15) is 4.79 Å². The van der Waals surface area contributed by atoms with Crippen molar-refractivity contribution in [2.45, 2.75) is 12.5 Å². The van der Waals surface area contributed by atoms with Crippen LogP contribution in [0.1, 0.15) is 17.3 Å². The average Bonchev–Trinajstić information content (AvgIpc) is 2.36. The lowest BCUT2D eigenvalue weighted by Gasteiger charge is -2.18. The van der Waals surface area contributed by atoms with E-state index in [0.717, 1.165) is 0 Å². The SMILES string of the molecule is [B]C1([B])Oc2ccc(C(C)=O)cc2O1. The fraction of sp³-hybridized carbons (Fsp3) is 0.222. The van der Waals surface area contributed by atoms with Crippen LogP contribution in [0.4, 0.5) is 0 Å². The predicted octanol–water partition coefficient (Wildman–Crippen LogP) is 0.609. The van der Waals surface area contributed by atoms with Gasteiger partial charge in [-0.2, -0.15) is 0 Å². The number of hydrogen-bond acceptors (Lipinski definition) is 3. The second-order valence-electron chi connectivity index (χ2n) is 3.14. The summed E-state index contributed by atoms with van der Waals surface area (Å²) in [6.07, 6.45) is 0. The summed E-state index contributed by atoms with van der Waals surface area (Å²) in [5.74, 6) is 0.783. The van der Waals surface area contributed by atoms with E-state index in [1.54, 1.807) is 18.2 Å². The number of carbonyl (C=O) groups excluding carboxylic acids is 1. The van der Waals surface area contributed by atoms with Gasteiger partial charge in [-0.3, -0.25) is 4.79 Å². The number of Topliss-reactive ketones (excluding diaryl/α,β-unsaturated/α-hetero) is 1. The summed E-state index contributed by atoms with van der Waals surface area (Å²) in [6.45, 7) is 1.47. The van der Waals surface area contributed by atoms with Crippen LogP contribution in [0, 0.1) is 0 Å². The van der Waals surface area contributed by atoms with Crippen molar-refractivity contribution in [2.24, 2.45) is 0 Å². The van der Waals surface area contributed by atoms with Gasteiger partial charge in [-0.15, -0.1) is 0 Å². The molecule has 5 heteroatoms. The van der Waals surface area contributed by atoms with Crippen molar-refractivity contribution in [1.82, 2.24) is 0 Å². The number of benzene rings is 1. The normalized spacial score (nSPS) is 16.6. The minimum absolute atomic E-state index is 0.0528. The number of fused-ring (bicyclic) bond motifs is 1. The summed E-state index contributed by atoms with van der Waals surface area (Å²) in [6, 6.07) is 4.79. The molecule has 0 bridgehead atoms. The third-order valence-electron chi connectivity index (χ3n) is 1.89. The van der Waals surface area contributed by atoms with Crippen LogP contribution in [0.2, 0.25) is 0 Å². The highest BCUT2D eigenvalue weighted by molar-refractivity contribution is 6.38. The molecule has 14 heavy (non-hydrogen) atoms. The van der Waals surface area contributed by atoms with Gasteiger partial charge in [0.2, 0.25) is 0 Å². The molecule has 4 radical (unpaired) electrons. The van der Waals surface area contributed by atoms with E-state index in [1.807, 2.05) is 0 Å². The van der Waals surface area contributed by atoms with Crippen LogP contribution in [0.3, 0.4) is 0 Å². The Morgan fingerprint density at radius 2 is 1.93 bits per heavy atom. The summed E-state index contributed by atoms with van der Waals surface area (Å²) in [5, 5.41) is 0. The van der Waals surface area contributed by atoms with E-state index in [-0.39, 0.29) is 5.78 Å². The van der Waals surface area contributed by atoms with E-state index >= 15 is 0 Å². The zero-order valence-electron chi connectivity index (χ0n) is 7.61. The molecule has 0 saturated carbocycles.